The zero-order valence-electron chi connectivity index (χ0n) is 11.5. The van der Waals surface area contributed by atoms with E-state index in [4.69, 9.17) is 0 Å². The second-order valence-corrected chi connectivity index (χ2v) is 4.68. The SMILES string of the molecule is CC(N[C@@H](C)c1ccccn1)c1ccccc1[N+](=O)[O-]. The van der Waals surface area contributed by atoms with E-state index in [0.717, 1.165) is 5.69 Å². The number of pyridine rings is 1. The zero-order chi connectivity index (χ0) is 14.5. The first kappa shape index (κ1) is 14.1. The lowest BCUT2D eigenvalue weighted by molar-refractivity contribution is -0.385. The van der Waals surface area contributed by atoms with Crippen LogP contribution in [0.25, 0.3) is 0 Å². The van der Waals surface area contributed by atoms with Crippen molar-refractivity contribution in [1.82, 2.24) is 10.3 Å². The number of benzene rings is 1. The van der Waals surface area contributed by atoms with E-state index in [1.54, 1.807) is 18.3 Å². The van der Waals surface area contributed by atoms with Crippen LogP contribution in [-0.2, 0) is 0 Å². The molecule has 0 aliphatic heterocycles. The highest BCUT2D eigenvalue weighted by Crippen LogP contribution is 2.26. The maximum absolute atomic E-state index is 11.0. The molecule has 0 amide bonds. The van der Waals surface area contributed by atoms with E-state index >= 15 is 0 Å². The van der Waals surface area contributed by atoms with Gasteiger partial charge < -0.3 is 5.32 Å². The minimum Gasteiger partial charge on any atom is -0.302 e. The van der Waals surface area contributed by atoms with Crippen LogP contribution in [0.1, 0.15) is 37.2 Å². The van der Waals surface area contributed by atoms with E-state index in [1.807, 2.05) is 38.1 Å². The van der Waals surface area contributed by atoms with Crippen molar-refractivity contribution in [3.63, 3.8) is 0 Å². The third-order valence-electron chi connectivity index (χ3n) is 3.23. The number of rotatable bonds is 5. The first-order chi connectivity index (χ1) is 9.59. The third-order valence-corrected chi connectivity index (χ3v) is 3.23. The van der Waals surface area contributed by atoms with Crippen molar-refractivity contribution >= 4 is 5.69 Å². The Morgan fingerprint density at radius 1 is 1.10 bits per heavy atom. The molecule has 5 nitrogen and oxygen atoms in total. The van der Waals surface area contributed by atoms with E-state index in [1.165, 1.54) is 6.07 Å². The normalized spacial score (nSPS) is 13.7. The Balaban J connectivity index is 2.16. The van der Waals surface area contributed by atoms with Crippen LogP contribution in [0.3, 0.4) is 0 Å². The van der Waals surface area contributed by atoms with E-state index in [-0.39, 0.29) is 22.7 Å². The Morgan fingerprint density at radius 2 is 1.80 bits per heavy atom. The molecule has 0 saturated carbocycles. The molecule has 1 aromatic heterocycles. The Bertz CT molecular complexity index is 587. The molecule has 104 valence electrons. The van der Waals surface area contributed by atoms with Crippen LogP contribution in [0, 0.1) is 10.1 Å². The molecule has 0 aliphatic carbocycles. The first-order valence-corrected chi connectivity index (χ1v) is 6.50. The zero-order valence-corrected chi connectivity index (χ0v) is 11.5. The molecular formula is C15H17N3O2. The number of para-hydroxylation sites is 1. The van der Waals surface area contributed by atoms with Crippen molar-refractivity contribution in [2.24, 2.45) is 0 Å². The van der Waals surface area contributed by atoms with Crippen LogP contribution in [-0.4, -0.2) is 9.91 Å². The van der Waals surface area contributed by atoms with E-state index in [0.29, 0.717) is 5.56 Å². The third kappa shape index (κ3) is 3.19. The lowest BCUT2D eigenvalue weighted by Crippen LogP contribution is -2.23. The summed E-state index contributed by atoms with van der Waals surface area (Å²) in [6.07, 6.45) is 1.74. The van der Waals surface area contributed by atoms with Crippen LogP contribution in [0.2, 0.25) is 0 Å². The van der Waals surface area contributed by atoms with Crippen LogP contribution < -0.4 is 5.32 Å². The second kappa shape index (κ2) is 6.25. The van der Waals surface area contributed by atoms with Crippen molar-refractivity contribution in [3.05, 3.63) is 70.0 Å². The maximum Gasteiger partial charge on any atom is 0.274 e. The minimum absolute atomic E-state index is 0.0195. The molecule has 0 radical (unpaired) electrons. The molecule has 1 heterocycles. The summed E-state index contributed by atoms with van der Waals surface area (Å²) >= 11 is 0. The molecule has 2 aromatic rings. The molecule has 1 N–H and O–H groups in total. The summed E-state index contributed by atoms with van der Waals surface area (Å²) in [6.45, 7) is 3.91. The largest absolute Gasteiger partial charge is 0.302 e. The fourth-order valence-corrected chi connectivity index (χ4v) is 2.20. The fraction of sp³-hybridized carbons (Fsp3) is 0.267. The van der Waals surface area contributed by atoms with Crippen LogP contribution in [0.15, 0.2) is 48.7 Å². The molecule has 0 spiro atoms. The average Bonchev–Trinajstić information content (AvgIpc) is 2.48. The van der Waals surface area contributed by atoms with E-state index < -0.39 is 0 Å². The highest BCUT2D eigenvalue weighted by molar-refractivity contribution is 5.41. The first-order valence-electron chi connectivity index (χ1n) is 6.50. The van der Waals surface area contributed by atoms with E-state index in [2.05, 4.69) is 10.3 Å². The number of aromatic nitrogens is 1. The fourth-order valence-electron chi connectivity index (χ4n) is 2.20. The van der Waals surface area contributed by atoms with Crippen molar-refractivity contribution in [1.29, 1.82) is 0 Å². The second-order valence-electron chi connectivity index (χ2n) is 4.68. The Kier molecular flexibility index (Phi) is 4.42. The summed E-state index contributed by atoms with van der Waals surface area (Å²) in [6, 6.07) is 12.4. The smallest absolute Gasteiger partial charge is 0.274 e. The van der Waals surface area contributed by atoms with Gasteiger partial charge in [0.25, 0.3) is 5.69 Å². The Labute approximate surface area is 117 Å². The highest BCUT2D eigenvalue weighted by Gasteiger charge is 2.19. The Morgan fingerprint density at radius 3 is 2.45 bits per heavy atom. The molecule has 2 rings (SSSR count). The van der Waals surface area contributed by atoms with E-state index in [9.17, 15) is 10.1 Å². The van der Waals surface area contributed by atoms with Gasteiger partial charge in [0.05, 0.1) is 10.6 Å². The van der Waals surface area contributed by atoms with Gasteiger partial charge in [-0.1, -0.05) is 24.3 Å². The lowest BCUT2D eigenvalue weighted by atomic mass is 10.0. The van der Waals surface area contributed by atoms with Crippen LogP contribution in [0.5, 0.6) is 0 Å². The molecule has 0 saturated heterocycles. The monoisotopic (exact) mass is 271 g/mol. The van der Waals surface area contributed by atoms with Gasteiger partial charge in [0, 0.05) is 29.9 Å². The lowest BCUT2D eigenvalue weighted by Gasteiger charge is -2.19. The standard InChI is InChI=1S/C15H17N3O2/c1-11(13-7-3-4-9-15(13)18(19)20)17-12(2)14-8-5-6-10-16-14/h3-12,17H,1-2H3/t11?,12-/m0/s1. The van der Waals surface area contributed by atoms with Gasteiger partial charge in [0.1, 0.15) is 0 Å². The number of hydrogen-bond donors (Lipinski definition) is 1. The summed E-state index contributed by atoms with van der Waals surface area (Å²) in [5, 5.41) is 14.4. The van der Waals surface area contributed by atoms with Crippen LogP contribution in [0.4, 0.5) is 5.69 Å². The molecule has 0 fully saturated rings. The predicted molar refractivity (Wildman–Crippen MR) is 77.3 cm³/mol. The number of nitro benzene ring substituents is 1. The molecule has 1 aromatic carbocycles. The number of nitrogens with zero attached hydrogens (tertiary/aromatic N) is 2. The predicted octanol–water partition coefficient (Wildman–Crippen LogP) is 3.40. The quantitative estimate of drug-likeness (QED) is 0.668. The van der Waals surface area contributed by atoms with Gasteiger partial charge in [0.15, 0.2) is 0 Å². The maximum atomic E-state index is 11.0. The summed E-state index contributed by atoms with van der Waals surface area (Å²) in [5.41, 5.74) is 1.74. The molecule has 1 unspecified atom stereocenters. The molecule has 0 bridgehead atoms. The van der Waals surface area contributed by atoms with Gasteiger partial charge in [-0.05, 0) is 26.0 Å². The highest BCUT2D eigenvalue weighted by atomic mass is 16.6. The van der Waals surface area contributed by atoms with Gasteiger partial charge in [-0.2, -0.15) is 0 Å². The summed E-state index contributed by atoms with van der Waals surface area (Å²) in [5.74, 6) is 0. The van der Waals surface area contributed by atoms with Gasteiger partial charge in [0.2, 0.25) is 0 Å². The number of nitrogens with one attached hydrogen (secondary N) is 1. The molecule has 5 heteroatoms. The summed E-state index contributed by atoms with van der Waals surface area (Å²) < 4.78 is 0. The van der Waals surface area contributed by atoms with Gasteiger partial charge in [-0.25, -0.2) is 0 Å². The average molecular weight is 271 g/mol. The molecular weight excluding hydrogens is 254 g/mol. The van der Waals surface area contributed by atoms with Crippen molar-refractivity contribution < 1.29 is 4.92 Å². The minimum atomic E-state index is -0.348. The number of hydrogen-bond acceptors (Lipinski definition) is 4. The van der Waals surface area contributed by atoms with Crippen molar-refractivity contribution in [2.75, 3.05) is 0 Å². The van der Waals surface area contributed by atoms with Crippen molar-refractivity contribution in [3.8, 4) is 0 Å². The van der Waals surface area contributed by atoms with Crippen LogP contribution >= 0.6 is 0 Å². The number of nitro groups is 1. The summed E-state index contributed by atoms with van der Waals surface area (Å²) in [7, 11) is 0. The van der Waals surface area contributed by atoms with Gasteiger partial charge in [-0.15, -0.1) is 0 Å². The molecule has 20 heavy (non-hydrogen) atoms. The van der Waals surface area contributed by atoms with Crippen molar-refractivity contribution in [2.45, 2.75) is 25.9 Å². The Hall–Kier alpha value is -2.27. The molecule has 2 atom stereocenters. The van der Waals surface area contributed by atoms with Gasteiger partial charge in [-0.3, -0.25) is 15.1 Å². The van der Waals surface area contributed by atoms with Gasteiger partial charge >= 0.3 is 0 Å². The summed E-state index contributed by atoms with van der Waals surface area (Å²) in [4.78, 5) is 15.0. The molecule has 0 aliphatic rings. The topological polar surface area (TPSA) is 68.1 Å².